The average molecular weight is 251 g/mol. The summed E-state index contributed by atoms with van der Waals surface area (Å²) in [5.74, 6) is 0.403. The maximum Gasteiger partial charge on any atom is 0.261 e. The van der Waals surface area contributed by atoms with Crippen molar-refractivity contribution >= 4 is 5.91 Å². The summed E-state index contributed by atoms with van der Waals surface area (Å²) in [6.07, 6.45) is -1.24. The van der Waals surface area contributed by atoms with Crippen molar-refractivity contribution in [1.82, 2.24) is 5.32 Å². The van der Waals surface area contributed by atoms with Crippen LogP contribution in [0, 0.1) is 0 Å². The van der Waals surface area contributed by atoms with Crippen molar-refractivity contribution in [3.8, 4) is 5.75 Å². The Morgan fingerprint density at radius 2 is 1.83 bits per heavy atom. The van der Waals surface area contributed by atoms with Crippen LogP contribution < -0.4 is 10.1 Å². The van der Waals surface area contributed by atoms with Crippen molar-refractivity contribution in [2.45, 2.75) is 45.4 Å². The van der Waals surface area contributed by atoms with Crippen LogP contribution in [0.25, 0.3) is 0 Å². The number of aliphatic hydroxyl groups excluding tert-OH is 1. The predicted octanol–water partition coefficient (Wildman–Crippen LogP) is 1.73. The van der Waals surface area contributed by atoms with Gasteiger partial charge >= 0.3 is 0 Å². The van der Waals surface area contributed by atoms with E-state index in [2.05, 4.69) is 5.32 Å². The van der Waals surface area contributed by atoms with Gasteiger partial charge in [-0.3, -0.25) is 4.79 Å². The van der Waals surface area contributed by atoms with E-state index in [9.17, 15) is 9.90 Å². The van der Waals surface area contributed by atoms with E-state index in [1.54, 1.807) is 39.8 Å². The maximum absolute atomic E-state index is 11.9. The lowest BCUT2D eigenvalue weighted by atomic mass is 9.98. The molecule has 0 radical (unpaired) electrons. The molecule has 100 valence electrons. The van der Waals surface area contributed by atoms with Gasteiger partial charge in [-0.25, -0.2) is 0 Å². The lowest BCUT2D eigenvalue weighted by molar-refractivity contribution is -0.130. The summed E-state index contributed by atoms with van der Waals surface area (Å²) in [5.41, 5.74) is -0.675. The zero-order valence-electron chi connectivity index (χ0n) is 11.3. The van der Waals surface area contributed by atoms with E-state index in [0.29, 0.717) is 5.75 Å². The summed E-state index contributed by atoms with van der Waals surface area (Å²) < 4.78 is 5.51. The molecule has 18 heavy (non-hydrogen) atoms. The summed E-state index contributed by atoms with van der Waals surface area (Å²) in [4.78, 5) is 11.9. The molecule has 0 spiro atoms. The van der Waals surface area contributed by atoms with Gasteiger partial charge in [-0.2, -0.15) is 0 Å². The van der Waals surface area contributed by atoms with E-state index in [-0.39, 0.29) is 5.91 Å². The monoisotopic (exact) mass is 251 g/mol. The molecule has 0 saturated heterocycles. The number of rotatable bonds is 5. The smallest absolute Gasteiger partial charge is 0.261 e. The first kappa shape index (κ1) is 14.5. The molecular weight excluding hydrogens is 230 g/mol. The van der Waals surface area contributed by atoms with Crippen LogP contribution in [0.4, 0.5) is 0 Å². The van der Waals surface area contributed by atoms with Crippen molar-refractivity contribution in [3.05, 3.63) is 30.3 Å². The standard InChI is InChI=1S/C14H21NO3/c1-10(18-12-8-6-5-7-9-12)13(17)15-14(3,4)11(2)16/h5-11,16H,1-4H3,(H,15,17). The molecule has 4 nitrogen and oxygen atoms in total. The van der Waals surface area contributed by atoms with Gasteiger partial charge in [0.05, 0.1) is 11.6 Å². The number of ether oxygens (including phenoxy) is 1. The van der Waals surface area contributed by atoms with Gasteiger partial charge in [0.2, 0.25) is 0 Å². The van der Waals surface area contributed by atoms with Crippen LogP contribution in [-0.4, -0.2) is 28.8 Å². The Bertz CT molecular complexity index is 387. The van der Waals surface area contributed by atoms with E-state index >= 15 is 0 Å². The van der Waals surface area contributed by atoms with Gasteiger partial charge in [0.1, 0.15) is 5.75 Å². The second-order valence-electron chi connectivity index (χ2n) is 4.96. The first-order valence-corrected chi connectivity index (χ1v) is 6.04. The molecule has 4 heteroatoms. The fourth-order valence-electron chi connectivity index (χ4n) is 1.28. The first-order chi connectivity index (χ1) is 8.33. The molecule has 1 amide bonds. The zero-order chi connectivity index (χ0) is 13.8. The van der Waals surface area contributed by atoms with Crippen molar-refractivity contribution in [2.75, 3.05) is 0 Å². The number of amides is 1. The van der Waals surface area contributed by atoms with Gasteiger partial charge in [0.15, 0.2) is 6.10 Å². The summed E-state index contributed by atoms with van der Waals surface area (Å²) in [6.45, 7) is 6.86. The highest BCUT2D eigenvalue weighted by Gasteiger charge is 2.28. The third-order valence-electron chi connectivity index (χ3n) is 2.92. The molecule has 2 atom stereocenters. The number of hydrogen-bond donors (Lipinski definition) is 2. The molecule has 1 aromatic carbocycles. The van der Waals surface area contributed by atoms with Crippen LogP contribution in [0.3, 0.4) is 0 Å². The number of nitrogens with one attached hydrogen (secondary N) is 1. The van der Waals surface area contributed by atoms with Crippen molar-refractivity contribution in [3.63, 3.8) is 0 Å². The van der Waals surface area contributed by atoms with Crippen LogP contribution in [0.1, 0.15) is 27.7 Å². The van der Waals surface area contributed by atoms with Crippen LogP contribution >= 0.6 is 0 Å². The Kier molecular flexibility index (Phi) is 4.73. The van der Waals surface area contributed by atoms with Gasteiger partial charge in [0.25, 0.3) is 5.91 Å². The minimum Gasteiger partial charge on any atom is -0.481 e. The van der Waals surface area contributed by atoms with Crippen LogP contribution in [0.2, 0.25) is 0 Å². The van der Waals surface area contributed by atoms with Gasteiger partial charge in [-0.05, 0) is 39.8 Å². The van der Waals surface area contributed by atoms with E-state index in [0.717, 1.165) is 0 Å². The molecule has 0 fully saturated rings. The van der Waals surface area contributed by atoms with Gasteiger partial charge in [-0.1, -0.05) is 18.2 Å². The van der Waals surface area contributed by atoms with E-state index in [1.165, 1.54) is 0 Å². The minimum atomic E-state index is -0.675. The fourth-order valence-corrected chi connectivity index (χ4v) is 1.28. The number of hydrogen-bond acceptors (Lipinski definition) is 3. The molecule has 0 bridgehead atoms. The lowest BCUT2D eigenvalue weighted by Gasteiger charge is -2.30. The highest BCUT2D eigenvalue weighted by Crippen LogP contribution is 2.13. The summed E-state index contributed by atoms with van der Waals surface area (Å²) in [6, 6.07) is 9.17. The Morgan fingerprint density at radius 1 is 1.28 bits per heavy atom. The Balaban J connectivity index is 2.57. The van der Waals surface area contributed by atoms with Crippen LogP contribution in [0.5, 0.6) is 5.75 Å². The molecule has 1 aromatic rings. The molecule has 2 N–H and O–H groups in total. The molecule has 2 unspecified atom stereocenters. The molecule has 0 aliphatic heterocycles. The van der Waals surface area contributed by atoms with E-state index in [1.807, 2.05) is 18.2 Å². The van der Waals surface area contributed by atoms with E-state index in [4.69, 9.17) is 4.74 Å². The average Bonchev–Trinajstić information content (AvgIpc) is 2.29. The number of aliphatic hydroxyl groups is 1. The number of carbonyl (C=O) groups excluding carboxylic acids is 1. The maximum atomic E-state index is 11.9. The van der Waals surface area contributed by atoms with Crippen molar-refractivity contribution in [2.24, 2.45) is 0 Å². The summed E-state index contributed by atoms with van der Waals surface area (Å²) >= 11 is 0. The van der Waals surface area contributed by atoms with Crippen LogP contribution in [0.15, 0.2) is 30.3 Å². The highest BCUT2D eigenvalue weighted by molar-refractivity contribution is 5.81. The SMILES string of the molecule is CC(Oc1ccccc1)C(=O)NC(C)(C)C(C)O. The fraction of sp³-hybridized carbons (Fsp3) is 0.500. The molecular formula is C14H21NO3. The number of benzene rings is 1. The molecule has 0 aromatic heterocycles. The Hall–Kier alpha value is -1.55. The second kappa shape index (κ2) is 5.87. The normalized spacial score (nSPS) is 14.7. The Morgan fingerprint density at radius 3 is 2.33 bits per heavy atom. The highest BCUT2D eigenvalue weighted by atomic mass is 16.5. The first-order valence-electron chi connectivity index (χ1n) is 6.04. The quantitative estimate of drug-likeness (QED) is 0.838. The van der Waals surface area contributed by atoms with Gasteiger partial charge in [0, 0.05) is 0 Å². The molecule has 0 heterocycles. The molecule has 0 aliphatic rings. The third-order valence-corrected chi connectivity index (χ3v) is 2.92. The summed E-state index contributed by atoms with van der Waals surface area (Å²) in [5, 5.41) is 12.3. The van der Waals surface area contributed by atoms with Crippen molar-refractivity contribution < 1.29 is 14.6 Å². The van der Waals surface area contributed by atoms with Gasteiger partial charge < -0.3 is 15.2 Å². The van der Waals surface area contributed by atoms with E-state index < -0.39 is 17.7 Å². The number of para-hydroxylation sites is 1. The van der Waals surface area contributed by atoms with Crippen molar-refractivity contribution in [1.29, 1.82) is 0 Å². The zero-order valence-corrected chi connectivity index (χ0v) is 11.3. The Labute approximate surface area is 108 Å². The predicted molar refractivity (Wildman–Crippen MR) is 70.4 cm³/mol. The van der Waals surface area contributed by atoms with Crippen LogP contribution in [-0.2, 0) is 4.79 Å². The minimum absolute atomic E-state index is 0.246. The second-order valence-corrected chi connectivity index (χ2v) is 4.96. The largest absolute Gasteiger partial charge is 0.481 e. The number of carbonyl (C=O) groups is 1. The molecule has 1 rings (SSSR count). The molecule has 0 saturated carbocycles. The third kappa shape index (κ3) is 4.04. The topological polar surface area (TPSA) is 58.6 Å². The van der Waals surface area contributed by atoms with Gasteiger partial charge in [-0.15, -0.1) is 0 Å². The summed E-state index contributed by atoms with van der Waals surface area (Å²) in [7, 11) is 0. The lowest BCUT2D eigenvalue weighted by Crippen LogP contribution is -2.54. The molecule has 0 aliphatic carbocycles.